The molecule has 0 amide bonds. The number of halogens is 3. The maximum Gasteiger partial charge on any atom is 0.309 e. The summed E-state index contributed by atoms with van der Waals surface area (Å²) in [6.07, 6.45) is 6.32. The van der Waals surface area contributed by atoms with Gasteiger partial charge in [0, 0.05) is 40.4 Å². The standard InChI is InChI=1S/C34H30F3N3O4S/c1-4-42-33(41)21-15-20(21)18-6-5-7-23-29(18)43-13-11-34(23,2)25-16-39-32(40-25)22-14-17(8-9-24(22)35)44-30-27(37)26(36)28-19(10-12-38-28)31(30)45-3/h5-10,12,14,16,20-21,38H,4,11,13,15H2,1-3H3,(H,39,40)/t20-,21-,34?/m0/s1. The molecule has 232 valence electrons. The number of aromatic nitrogens is 3. The van der Waals surface area contributed by atoms with Crippen LogP contribution in [-0.2, 0) is 14.9 Å². The van der Waals surface area contributed by atoms with Crippen LogP contribution < -0.4 is 9.47 Å². The number of ether oxygens (including phenoxy) is 3. The molecule has 0 saturated heterocycles. The first kappa shape index (κ1) is 29.3. The topological polar surface area (TPSA) is 89.2 Å². The van der Waals surface area contributed by atoms with E-state index in [0.717, 1.165) is 29.0 Å². The molecule has 3 aromatic carbocycles. The van der Waals surface area contributed by atoms with E-state index < -0.39 is 22.9 Å². The van der Waals surface area contributed by atoms with Crippen molar-refractivity contribution >= 4 is 28.6 Å². The van der Waals surface area contributed by atoms with Gasteiger partial charge in [-0.3, -0.25) is 4.79 Å². The zero-order valence-corrected chi connectivity index (χ0v) is 25.6. The molecule has 1 fully saturated rings. The summed E-state index contributed by atoms with van der Waals surface area (Å²) >= 11 is 1.22. The van der Waals surface area contributed by atoms with Crippen molar-refractivity contribution in [3.05, 3.63) is 89.1 Å². The van der Waals surface area contributed by atoms with E-state index in [9.17, 15) is 9.18 Å². The molecule has 7 rings (SSSR count). The molecule has 11 heteroatoms. The lowest BCUT2D eigenvalue weighted by atomic mass is 9.74. The van der Waals surface area contributed by atoms with Crippen LogP contribution in [0, 0.1) is 23.4 Å². The number of nitrogens with one attached hydrogen (secondary N) is 2. The second kappa shape index (κ2) is 11.2. The molecule has 2 N–H and O–H groups in total. The summed E-state index contributed by atoms with van der Waals surface area (Å²) in [4.78, 5) is 23.3. The fraction of sp³-hybridized carbons (Fsp3) is 0.294. The second-order valence-electron chi connectivity index (χ2n) is 11.5. The summed E-state index contributed by atoms with van der Waals surface area (Å²) < 4.78 is 62.4. The summed E-state index contributed by atoms with van der Waals surface area (Å²) in [6.45, 7) is 4.68. The average molecular weight is 634 g/mol. The van der Waals surface area contributed by atoms with Gasteiger partial charge in [0.1, 0.15) is 23.1 Å². The minimum atomic E-state index is -1.13. The molecule has 7 nitrogen and oxygen atoms in total. The van der Waals surface area contributed by atoms with Crippen molar-refractivity contribution < 1.29 is 32.2 Å². The minimum Gasteiger partial charge on any atom is -0.493 e. The van der Waals surface area contributed by atoms with Crippen LogP contribution in [0.25, 0.3) is 22.3 Å². The Hall–Kier alpha value is -4.38. The lowest BCUT2D eigenvalue weighted by Gasteiger charge is -2.36. The number of aromatic amines is 2. The number of para-hydroxylation sites is 1. The predicted octanol–water partition coefficient (Wildman–Crippen LogP) is 8.24. The summed E-state index contributed by atoms with van der Waals surface area (Å²) in [5.41, 5.74) is 2.34. The third-order valence-electron chi connectivity index (χ3n) is 8.86. The highest BCUT2D eigenvalue weighted by Crippen LogP contribution is 2.55. The average Bonchev–Trinajstić information content (AvgIpc) is 3.40. The Balaban J connectivity index is 1.21. The van der Waals surface area contributed by atoms with Gasteiger partial charge in [0.15, 0.2) is 11.6 Å². The van der Waals surface area contributed by atoms with E-state index in [1.54, 1.807) is 25.4 Å². The van der Waals surface area contributed by atoms with Crippen molar-refractivity contribution in [1.82, 2.24) is 15.0 Å². The number of hydrogen-bond acceptors (Lipinski definition) is 6. The molecule has 1 unspecified atom stereocenters. The van der Waals surface area contributed by atoms with Crippen LogP contribution in [0.15, 0.2) is 59.8 Å². The van der Waals surface area contributed by atoms with Gasteiger partial charge in [0.05, 0.1) is 35.1 Å². The number of nitrogens with zero attached hydrogens (tertiary/aromatic N) is 1. The summed E-state index contributed by atoms with van der Waals surface area (Å²) in [6, 6.07) is 11.6. The van der Waals surface area contributed by atoms with Crippen molar-refractivity contribution in [3.8, 4) is 28.6 Å². The van der Waals surface area contributed by atoms with E-state index in [1.807, 2.05) is 18.2 Å². The number of fused-ring (bicyclic) bond motifs is 2. The van der Waals surface area contributed by atoms with E-state index in [4.69, 9.17) is 14.2 Å². The molecule has 0 radical (unpaired) electrons. The Morgan fingerprint density at radius 1 is 1.18 bits per heavy atom. The number of esters is 1. The lowest BCUT2D eigenvalue weighted by Crippen LogP contribution is -2.32. The number of rotatable bonds is 8. The quantitative estimate of drug-likeness (QED) is 0.132. The first-order valence-electron chi connectivity index (χ1n) is 14.7. The molecule has 3 atom stereocenters. The highest BCUT2D eigenvalue weighted by molar-refractivity contribution is 7.99. The van der Waals surface area contributed by atoms with Gasteiger partial charge in [-0.15, -0.1) is 11.8 Å². The van der Waals surface area contributed by atoms with Crippen LogP contribution in [-0.4, -0.2) is 40.4 Å². The summed E-state index contributed by atoms with van der Waals surface area (Å²) in [5.74, 6) is -2.18. The molecule has 2 aliphatic rings. The molecular weight excluding hydrogens is 603 g/mol. The van der Waals surface area contributed by atoms with Crippen molar-refractivity contribution in [2.24, 2.45) is 5.92 Å². The van der Waals surface area contributed by atoms with Gasteiger partial charge in [-0.05, 0) is 62.8 Å². The lowest BCUT2D eigenvalue weighted by molar-refractivity contribution is -0.144. The van der Waals surface area contributed by atoms with E-state index in [2.05, 4.69) is 21.9 Å². The molecule has 0 spiro atoms. The van der Waals surface area contributed by atoms with E-state index in [0.29, 0.717) is 29.9 Å². The number of hydrogen-bond donors (Lipinski definition) is 2. The molecule has 1 saturated carbocycles. The second-order valence-corrected chi connectivity index (χ2v) is 12.3. The molecule has 2 aromatic heterocycles. The van der Waals surface area contributed by atoms with Gasteiger partial charge in [-0.1, -0.05) is 18.2 Å². The normalized spacial score (nSPS) is 20.5. The number of benzene rings is 3. The van der Waals surface area contributed by atoms with Crippen LogP contribution in [0.5, 0.6) is 17.2 Å². The van der Waals surface area contributed by atoms with E-state index >= 15 is 8.78 Å². The molecule has 3 heterocycles. The maximum atomic E-state index is 15.2. The van der Waals surface area contributed by atoms with Gasteiger partial charge in [0.2, 0.25) is 5.82 Å². The van der Waals surface area contributed by atoms with Gasteiger partial charge >= 0.3 is 5.97 Å². The molecule has 0 bridgehead atoms. The molecular formula is C34H30F3N3O4S. The Bertz CT molecular complexity index is 1960. The van der Waals surface area contributed by atoms with Crippen molar-refractivity contribution in [2.45, 2.75) is 42.9 Å². The highest BCUT2D eigenvalue weighted by atomic mass is 32.2. The Kier molecular flexibility index (Phi) is 7.31. The Labute approximate surface area is 261 Å². The SMILES string of the molecule is CCOC(=O)[C@H]1C[C@H]1c1cccc2c1OCCC2(C)c1cnc(-c2cc(Oc3c(F)c(F)c4[nH]ccc4c3SC)ccc2F)[nH]1. The molecule has 1 aliphatic carbocycles. The first-order valence-corrected chi connectivity index (χ1v) is 16.0. The number of thioether (sulfide) groups is 1. The third-order valence-corrected chi connectivity index (χ3v) is 9.68. The van der Waals surface area contributed by atoms with Crippen LogP contribution in [0.1, 0.15) is 49.4 Å². The summed E-state index contributed by atoms with van der Waals surface area (Å²) in [7, 11) is 0. The molecule has 1 aliphatic heterocycles. The van der Waals surface area contributed by atoms with Gasteiger partial charge in [-0.2, -0.15) is 4.39 Å². The fourth-order valence-electron chi connectivity index (χ4n) is 6.33. The fourth-order valence-corrected chi connectivity index (χ4v) is 7.04. The van der Waals surface area contributed by atoms with Crippen LogP contribution in [0.2, 0.25) is 0 Å². The van der Waals surface area contributed by atoms with Crippen molar-refractivity contribution in [1.29, 1.82) is 0 Å². The van der Waals surface area contributed by atoms with Crippen LogP contribution in [0.4, 0.5) is 13.2 Å². The number of carbonyl (C=O) groups is 1. The first-order chi connectivity index (χ1) is 21.7. The minimum absolute atomic E-state index is 0.0402. The number of imidazole rings is 1. The van der Waals surface area contributed by atoms with Gasteiger partial charge < -0.3 is 24.2 Å². The van der Waals surface area contributed by atoms with Crippen LogP contribution in [0.3, 0.4) is 0 Å². The maximum absolute atomic E-state index is 15.2. The smallest absolute Gasteiger partial charge is 0.309 e. The number of H-pyrrole nitrogens is 2. The zero-order valence-electron chi connectivity index (χ0n) is 24.8. The van der Waals surface area contributed by atoms with E-state index in [1.165, 1.54) is 36.2 Å². The Morgan fingerprint density at radius 3 is 2.82 bits per heavy atom. The largest absolute Gasteiger partial charge is 0.493 e. The van der Waals surface area contributed by atoms with Gasteiger partial charge in [-0.25, -0.2) is 13.8 Å². The van der Waals surface area contributed by atoms with Crippen molar-refractivity contribution in [3.63, 3.8) is 0 Å². The zero-order chi connectivity index (χ0) is 31.5. The predicted molar refractivity (Wildman–Crippen MR) is 165 cm³/mol. The number of carbonyl (C=O) groups excluding carboxylic acids is 1. The summed E-state index contributed by atoms with van der Waals surface area (Å²) in [5, 5.41) is 0.487. The Morgan fingerprint density at radius 2 is 2.02 bits per heavy atom. The third kappa shape index (κ3) is 4.84. The van der Waals surface area contributed by atoms with E-state index in [-0.39, 0.29) is 46.2 Å². The molecule has 45 heavy (non-hydrogen) atoms. The monoisotopic (exact) mass is 633 g/mol. The van der Waals surface area contributed by atoms with Crippen LogP contribution >= 0.6 is 11.8 Å². The highest BCUT2D eigenvalue weighted by Gasteiger charge is 2.48. The van der Waals surface area contributed by atoms with Crippen molar-refractivity contribution in [2.75, 3.05) is 19.5 Å². The van der Waals surface area contributed by atoms with Gasteiger partial charge in [0.25, 0.3) is 0 Å². The molecule has 5 aromatic rings.